The molecule has 7 heteroatoms. The van der Waals surface area contributed by atoms with E-state index in [4.69, 9.17) is 0 Å². The lowest BCUT2D eigenvalue weighted by Crippen LogP contribution is -2.51. The Balaban J connectivity index is 1.30. The number of rotatable bonds is 5. The summed E-state index contributed by atoms with van der Waals surface area (Å²) in [5.74, 6) is 2.44. The minimum atomic E-state index is 0.182. The van der Waals surface area contributed by atoms with Crippen molar-refractivity contribution in [2.75, 3.05) is 50.1 Å². The van der Waals surface area contributed by atoms with Crippen LogP contribution in [0.5, 0.6) is 0 Å². The zero-order valence-corrected chi connectivity index (χ0v) is 16.6. The highest BCUT2D eigenvalue weighted by Gasteiger charge is 2.33. The van der Waals surface area contributed by atoms with E-state index in [9.17, 15) is 4.79 Å². The Hall–Kier alpha value is -1.89. The van der Waals surface area contributed by atoms with E-state index < -0.39 is 0 Å². The van der Waals surface area contributed by atoms with E-state index in [1.54, 1.807) is 6.33 Å². The van der Waals surface area contributed by atoms with Crippen LogP contribution in [0.3, 0.4) is 0 Å². The normalized spacial score (nSPS) is 24.7. The first-order valence-electron chi connectivity index (χ1n) is 10.4. The Bertz CT molecular complexity index is 654. The summed E-state index contributed by atoms with van der Waals surface area (Å²) in [5.41, 5.74) is 0. The van der Waals surface area contributed by atoms with Crippen molar-refractivity contribution in [1.82, 2.24) is 20.2 Å². The van der Waals surface area contributed by atoms with Gasteiger partial charge in [0.25, 0.3) is 0 Å². The molecule has 2 aliphatic heterocycles. The van der Waals surface area contributed by atoms with Gasteiger partial charge in [0.2, 0.25) is 5.91 Å². The minimum absolute atomic E-state index is 0.182. The van der Waals surface area contributed by atoms with Crippen molar-refractivity contribution in [3.05, 3.63) is 12.4 Å². The maximum absolute atomic E-state index is 12.4. The van der Waals surface area contributed by atoms with Gasteiger partial charge < -0.3 is 15.1 Å². The predicted octanol–water partition coefficient (Wildman–Crippen LogP) is 1.50. The molecule has 27 heavy (non-hydrogen) atoms. The minimum Gasteiger partial charge on any atom is -0.363 e. The summed E-state index contributed by atoms with van der Waals surface area (Å²) in [6.45, 7) is 4.10. The van der Waals surface area contributed by atoms with Gasteiger partial charge >= 0.3 is 0 Å². The summed E-state index contributed by atoms with van der Waals surface area (Å²) in [4.78, 5) is 28.2. The molecule has 0 spiro atoms. The zero-order chi connectivity index (χ0) is 18.8. The second kappa shape index (κ2) is 8.00. The molecule has 1 amide bonds. The SMILES string of the molecule is CN(C)c1cc(N2CCC(N3CCC[C@H](C(=O)NC4CC4)C3)CC2)ncn1. The Morgan fingerprint density at radius 1 is 1.11 bits per heavy atom. The molecule has 0 aromatic carbocycles. The molecule has 7 nitrogen and oxygen atoms in total. The van der Waals surface area contributed by atoms with Crippen LogP contribution in [-0.2, 0) is 4.79 Å². The lowest BCUT2D eigenvalue weighted by atomic mass is 9.93. The number of nitrogens with zero attached hydrogens (tertiary/aromatic N) is 5. The monoisotopic (exact) mass is 372 g/mol. The van der Waals surface area contributed by atoms with E-state index in [1.807, 2.05) is 19.0 Å². The molecule has 1 aromatic rings. The largest absolute Gasteiger partial charge is 0.363 e. The first-order chi connectivity index (χ1) is 13.1. The van der Waals surface area contributed by atoms with Gasteiger partial charge in [0.15, 0.2) is 0 Å². The van der Waals surface area contributed by atoms with Crippen molar-refractivity contribution in [1.29, 1.82) is 0 Å². The molecule has 0 bridgehead atoms. The lowest BCUT2D eigenvalue weighted by molar-refractivity contribution is -0.127. The molecule has 148 valence electrons. The van der Waals surface area contributed by atoms with Gasteiger partial charge in [-0.3, -0.25) is 9.69 Å². The van der Waals surface area contributed by atoms with Crippen LogP contribution in [0.4, 0.5) is 11.6 Å². The average molecular weight is 373 g/mol. The first-order valence-corrected chi connectivity index (χ1v) is 10.4. The molecule has 1 N–H and O–H groups in total. The Kier molecular flexibility index (Phi) is 5.48. The van der Waals surface area contributed by atoms with Crippen molar-refractivity contribution in [3.8, 4) is 0 Å². The van der Waals surface area contributed by atoms with Gasteiger partial charge in [-0.15, -0.1) is 0 Å². The van der Waals surface area contributed by atoms with Crippen LogP contribution in [0.25, 0.3) is 0 Å². The van der Waals surface area contributed by atoms with Gasteiger partial charge in [-0.05, 0) is 45.1 Å². The summed E-state index contributed by atoms with van der Waals surface area (Å²) in [6, 6.07) is 3.13. The highest BCUT2D eigenvalue weighted by Crippen LogP contribution is 2.27. The van der Waals surface area contributed by atoms with Gasteiger partial charge in [0.1, 0.15) is 18.0 Å². The van der Waals surface area contributed by atoms with Gasteiger partial charge in [-0.25, -0.2) is 9.97 Å². The number of likely N-dealkylation sites (tertiary alicyclic amines) is 1. The Morgan fingerprint density at radius 3 is 2.59 bits per heavy atom. The van der Waals surface area contributed by atoms with Crippen LogP contribution in [0.2, 0.25) is 0 Å². The average Bonchev–Trinajstić information content (AvgIpc) is 3.52. The summed E-state index contributed by atoms with van der Waals surface area (Å²) < 4.78 is 0. The van der Waals surface area contributed by atoms with Crippen molar-refractivity contribution >= 4 is 17.5 Å². The van der Waals surface area contributed by atoms with Crippen LogP contribution in [0.15, 0.2) is 12.4 Å². The molecule has 3 fully saturated rings. The molecule has 1 saturated carbocycles. The number of hydrogen-bond acceptors (Lipinski definition) is 6. The maximum Gasteiger partial charge on any atom is 0.224 e. The molecule has 3 aliphatic rings. The number of hydrogen-bond donors (Lipinski definition) is 1. The number of nitrogens with one attached hydrogen (secondary N) is 1. The molecule has 0 unspecified atom stereocenters. The summed E-state index contributed by atoms with van der Waals surface area (Å²) in [6.07, 6.45) is 8.45. The third kappa shape index (κ3) is 4.51. The number of aromatic nitrogens is 2. The standard InChI is InChI=1S/C20H32N6O/c1-24(2)18-12-19(22-14-21-18)25-10-7-17(8-11-25)26-9-3-4-15(13-26)20(27)23-16-5-6-16/h12,14-17H,3-11,13H2,1-2H3,(H,23,27)/t15-/m0/s1. The van der Waals surface area contributed by atoms with E-state index in [2.05, 4.69) is 31.2 Å². The first kappa shape index (κ1) is 18.5. The Labute approximate surface area is 162 Å². The van der Waals surface area contributed by atoms with Crippen molar-refractivity contribution in [2.45, 2.75) is 50.6 Å². The van der Waals surface area contributed by atoms with Gasteiger partial charge in [0, 0.05) is 51.9 Å². The maximum atomic E-state index is 12.4. The number of anilines is 2. The van der Waals surface area contributed by atoms with E-state index >= 15 is 0 Å². The fourth-order valence-corrected chi connectivity index (χ4v) is 4.31. The summed E-state index contributed by atoms with van der Waals surface area (Å²) in [5, 5.41) is 3.20. The van der Waals surface area contributed by atoms with Gasteiger partial charge in [-0.2, -0.15) is 0 Å². The van der Waals surface area contributed by atoms with Gasteiger partial charge in [0.05, 0.1) is 5.92 Å². The number of piperidine rings is 2. The van der Waals surface area contributed by atoms with E-state index in [1.165, 1.54) is 12.8 Å². The second-order valence-electron chi connectivity index (χ2n) is 8.46. The third-order valence-corrected chi connectivity index (χ3v) is 6.15. The van der Waals surface area contributed by atoms with E-state index in [-0.39, 0.29) is 11.8 Å². The van der Waals surface area contributed by atoms with Crippen molar-refractivity contribution < 1.29 is 4.79 Å². The van der Waals surface area contributed by atoms with Crippen LogP contribution < -0.4 is 15.1 Å². The fourth-order valence-electron chi connectivity index (χ4n) is 4.31. The molecular weight excluding hydrogens is 340 g/mol. The number of carbonyl (C=O) groups is 1. The van der Waals surface area contributed by atoms with E-state index in [0.717, 1.165) is 63.5 Å². The zero-order valence-electron chi connectivity index (χ0n) is 16.6. The van der Waals surface area contributed by atoms with Crippen molar-refractivity contribution in [2.24, 2.45) is 5.92 Å². The van der Waals surface area contributed by atoms with Crippen LogP contribution in [-0.4, -0.2) is 73.1 Å². The van der Waals surface area contributed by atoms with Crippen LogP contribution in [0.1, 0.15) is 38.5 Å². The highest BCUT2D eigenvalue weighted by molar-refractivity contribution is 5.79. The second-order valence-corrected chi connectivity index (χ2v) is 8.46. The topological polar surface area (TPSA) is 64.6 Å². The van der Waals surface area contributed by atoms with Gasteiger partial charge in [-0.1, -0.05) is 0 Å². The lowest BCUT2D eigenvalue weighted by Gasteiger charge is -2.42. The molecule has 3 heterocycles. The molecule has 4 rings (SSSR count). The van der Waals surface area contributed by atoms with Crippen LogP contribution in [0, 0.1) is 5.92 Å². The molecule has 1 atom stereocenters. The number of amides is 1. The summed E-state index contributed by atoms with van der Waals surface area (Å²) >= 11 is 0. The third-order valence-electron chi connectivity index (χ3n) is 6.15. The predicted molar refractivity (Wildman–Crippen MR) is 107 cm³/mol. The quantitative estimate of drug-likeness (QED) is 0.845. The molecule has 0 radical (unpaired) electrons. The molecule has 2 saturated heterocycles. The van der Waals surface area contributed by atoms with E-state index in [0.29, 0.717) is 12.1 Å². The fraction of sp³-hybridized carbons (Fsp3) is 0.750. The Morgan fingerprint density at radius 2 is 1.89 bits per heavy atom. The summed E-state index contributed by atoms with van der Waals surface area (Å²) in [7, 11) is 4.01. The molecule has 1 aromatic heterocycles. The van der Waals surface area contributed by atoms with Crippen LogP contribution >= 0.6 is 0 Å². The highest BCUT2D eigenvalue weighted by atomic mass is 16.2. The van der Waals surface area contributed by atoms with Crippen molar-refractivity contribution in [3.63, 3.8) is 0 Å². The number of carbonyl (C=O) groups excluding carboxylic acids is 1. The molecular formula is C20H32N6O. The molecule has 1 aliphatic carbocycles. The smallest absolute Gasteiger partial charge is 0.224 e.